The minimum Gasteiger partial charge on any atom is -0.464 e. The van der Waals surface area contributed by atoms with Crippen LogP contribution in [0.15, 0.2) is 18.2 Å². The largest absolute Gasteiger partial charge is 0.464 e. The fourth-order valence-electron chi connectivity index (χ4n) is 1.43. The molecular weight excluding hydrogens is 282 g/mol. The van der Waals surface area contributed by atoms with Crippen LogP contribution in [0.3, 0.4) is 0 Å². The summed E-state index contributed by atoms with van der Waals surface area (Å²) in [6.07, 6.45) is 0. The maximum Gasteiger partial charge on any atom is 0.330 e. The van der Waals surface area contributed by atoms with Gasteiger partial charge in [-0.05, 0) is 37.6 Å². The van der Waals surface area contributed by atoms with Gasteiger partial charge in [-0.25, -0.2) is 5.84 Å². The van der Waals surface area contributed by atoms with Crippen LogP contribution < -0.4 is 20.7 Å². The van der Waals surface area contributed by atoms with Crippen LogP contribution in [0.1, 0.15) is 12.5 Å². The molecule has 0 aliphatic carbocycles. The van der Waals surface area contributed by atoms with Crippen LogP contribution in [0, 0.1) is 6.92 Å². The molecular formula is C12H14ClN5O2. The molecule has 0 bridgehead atoms. The number of rotatable bonds is 5. The van der Waals surface area contributed by atoms with E-state index in [0.717, 1.165) is 5.56 Å². The number of anilines is 1. The van der Waals surface area contributed by atoms with Gasteiger partial charge in [0, 0.05) is 5.02 Å². The van der Waals surface area contributed by atoms with Crippen LogP contribution >= 0.6 is 11.6 Å². The molecule has 1 heterocycles. The molecule has 0 radical (unpaired) electrons. The summed E-state index contributed by atoms with van der Waals surface area (Å²) in [5.74, 6) is 6.01. The van der Waals surface area contributed by atoms with Crippen molar-refractivity contribution >= 4 is 17.5 Å². The molecule has 20 heavy (non-hydrogen) atoms. The lowest BCUT2D eigenvalue weighted by Crippen LogP contribution is -2.12. The second-order valence-electron chi connectivity index (χ2n) is 3.81. The molecule has 0 saturated heterocycles. The molecule has 2 aromatic rings. The Bertz CT molecular complexity index is 608. The van der Waals surface area contributed by atoms with Crippen molar-refractivity contribution in [2.24, 2.45) is 5.84 Å². The number of halogens is 1. The molecule has 0 aliphatic heterocycles. The number of hydrogen-bond acceptors (Lipinski definition) is 7. The number of aryl methyl sites for hydroxylation is 1. The number of aromatic nitrogens is 3. The third kappa shape index (κ3) is 3.46. The molecule has 7 nitrogen and oxygen atoms in total. The lowest BCUT2D eigenvalue weighted by Gasteiger charge is -2.08. The summed E-state index contributed by atoms with van der Waals surface area (Å²) >= 11 is 5.95. The summed E-state index contributed by atoms with van der Waals surface area (Å²) in [5.41, 5.74) is 3.22. The van der Waals surface area contributed by atoms with Gasteiger partial charge in [-0.3, -0.25) is 5.43 Å². The average molecular weight is 296 g/mol. The maximum atomic E-state index is 5.95. The first kappa shape index (κ1) is 14.3. The minimum absolute atomic E-state index is 0.0816. The second kappa shape index (κ2) is 6.36. The third-order valence-electron chi connectivity index (χ3n) is 2.34. The summed E-state index contributed by atoms with van der Waals surface area (Å²) in [7, 11) is 0. The lowest BCUT2D eigenvalue weighted by atomic mass is 10.2. The molecule has 3 N–H and O–H groups in total. The first-order valence-electron chi connectivity index (χ1n) is 5.92. The van der Waals surface area contributed by atoms with Crippen molar-refractivity contribution in [2.75, 3.05) is 12.0 Å². The number of nitrogen functional groups attached to an aromatic ring is 1. The average Bonchev–Trinajstić information content (AvgIpc) is 2.43. The summed E-state index contributed by atoms with van der Waals surface area (Å²) in [6, 6.07) is 5.45. The van der Waals surface area contributed by atoms with Gasteiger partial charge in [0.15, 0.2) is 0 Å². The normalized spacial score (nSPS) is 10.2. The minimum atomic E-state index is 0.0816. The molecule has 8 heteroatoms. The van der Waals surface area contributed by atoms with Gasteiger partial charge in [-0.1, -0.05) is 11.6 Å². The van der Waals surface area contributed by atoms with E-state index in [1.165, 1.54) is 0 Å². The zero-order valence-electron chi connectivity index (χ0n) is 11.1. The Balaban J connectivity index is 2.27. The number of nitrogens with two attached hydrogens (primary N) is 1. The molecule has 2 rings (SSSR count). The van der Waals surface area contributed by atoms with Crippen LogP contribution in [0.4, 0.5) is 5.95 Å². The van der Waals surface area contributed by atoms with E-state index in [-0.39, 0.29) is 18.0 Å². The zero-order valence-corrected chi connectivity index (χ0v) is 11.8. The van der Waals surface area contributed by atoms with E-state index in [0.29, 0.717) is 17.4 Å². The molecule has 0 fully saturated rings. The third-order valence-corrected chi connectivity index (χ3v) is 2.76. The predicted octanol–water partition coefficient (Wildman–Crippen LogP) is 2.31. The Labute approximate surface area is 121 Å². The van der Waals surface area contributed by atoms with E-state index in [2.05, 4.69) is 20.4 Å². The van der Waals surface area contributed by atoms with Gasteiger partial charge in [0.25, 0.3) is 0 Å². The van der Waals surface area contributed by atoms with Gasteiger partial charge < -0.3 is 9.47 Å². The van der Waals surface area contributed by atoms with E-state index < -0.39 is 0 Å². The quantitative estimate of drug-likeness (QED) is 0.645. The van der Waals surface area contributed by atoms with Crippen LogP contribution in [0.5, 0.6) is 17.8 Å². The number of ether oxygens (including phenoxy) is 2. The van der Waals surface area contributed by atoms with Crippen molar-refractivity contribution in [1.29, 1.82) is 0 Å². The van der Waals surface area contributed by atoms with Crippen molar-refractivity contribution in [3.05, 3.63) is 28.8 Å². The highest BCUT2D eigenvalue weighted by molar-refractivity contribution is 6.31. The van der Waals surface area contributed by atoms with Crippen molar-refractivity contribution in [2.45, 2.75) is 13.8 Å². The zero-order chi connectivity index (χ0) is 14.5. The molecule has 1 aromatic heterocycles. The monoisotopic (exact) mass is 295 g/mol. The van der Waals surface area contributed by atoms with Gasteiger partial charge in [-0.15, -0.1) is 4.98 Å². The molecule has 0 spiro atoms. The molecule has 0 unspecified atom stereocenters. The Morgan fingerprint density at radius 1 is 1.25 bits per heavy atom. The molecule has 0 amide bonds. The summed E-state index contributed by atoms with van der Waals surface area (Å²) in [6.45, 7) is 4.12. The summed E-state index contributed by atoms with van der Waals surface area (Å²) in [4.78, 5) is 11.9. The van der Waals surface area contributed by atoms with Gasteiger partial charge >= 0.3 is 12.0 Å². The second-order valence-corrected chi connectivity index (χ2v) is 4.22. The number of nitrogens with zero attached hydrogens (tertiary/aromatic N) is 3. The lowest BCUT2D eigenvalue weighted by molar-refractivity contribution is 0.304. The summed E-state index contributed by atoms with van der Waals surface area (Å²) in [5, 5.41) is 0.660. The topological polar surface area (TPSA) is 95.2 Å². The molecule has 0 atom stereocenters. The Hall–Kier alpha value is -2.12. The Kier molecular flexibility index (Phi) is 4.54. The number of nitrogens with one attached hydrogen (secondary N) is 1. The van der Waals surface area contributed by atoms with E-state index in [1.807, 2.05) is 13.8 Å². The molecule has 1 aromatic carbocycles. The SMILES string of the molecule is CCOc1nc(NN)nc(Oc2ccc(Cl)c(C)c2)n1. The van der Waals surface area contributed by atoms with Crippen LogP contribution in [-0.4, -0.2) is 21.6 Å². The smallest absolute Gasteiger partial charge is 0.330 e. The highest BCUT2D eigenvalue weighted by Gasteiger charge is 2.09. The maximum absolute atomic E-state index is 5.95. The van der Waals surface area contributed by atoms with Crippen molar-refractivity contribution in [1.82, 2.24) is 15.0 Å². The van der Waals surface area contributed by atoms with E-state index in [4.69, 9.17) is 26.9 Å². The predicted molar refractivity (Wildman–Crippen MR) is 75.1 cm³/mol. The van der Waals surface area contributed by atoms with E-state index in [1.54, 1.807) is 18.2 Å². The highest BCUT2D eigenvalue weighted by atomic mass is 35.5. The van der Waals surface area contributed by atoms with Crippen LogP contribution in [-0.2, 0) is 0 Å². The fourth-order valence-corrected chi connectivity index (χ4v) is 1.55. The Morgan fingerprint density at radius 3 is 2.65 bits per heavy atom. The van der Waals surface area contributed by atoms with Gasteiger partial charge in [0.05, 0.1) is 6.61 Å². The van der Waals surface area contributed by atoms with Crippen LogP contribution in [0.2, 0.25) is 5.02 Å². The number of hydrogen-bond donors (Lipinski definition) is 2. The first-order chi connectivity index (χ1) is 9.62. The van der Waals surface area contributed by atoms with Crippen molar-refractivity contribution in [3.8, 4) is 17.8 Å². The van der Waals surface area contributed by atoms with Gasteiger partial charge in [0.2, 0.25) is 5.95 Å². The first-order valence-corrected chi connectivity index (χ1v) is 6.29. The molecule has 0 saturated carbocycles. The number of hydrazine groups is 1. The fraction of sp³-hybridized carbons (Fsp3) is 0.250. The van der Waals surface area contributed by atoms with E-state index in [9.17, 15) is 0 Å². The standard InChI is InChI=1S/C12H14ClN5O2/c1-3-19-11-15-10(18-14)16-12(17-11)20-8-4-5-9(13)7(2)6-8/h4-6H,3,14H2,1-2H3,(H,15,16,17,18). The van der Waals surface area contributed by atoms with Crippen molar-refractivity contribution in [3.63, 3.8) is 0 Å². The Morgan fingerprint density at radius 2 is 2.00 bits per heavy atom. The molecule has 0 aliphatic rings. The van der Waals surface area contributed by atoms with Crippen LogP contribution in [0.25, 0.3) is 0 Å². The highest BCUT2D eigenvalue weighted by Crippen LogP contribution is 2.25. The van der Waals surface area contributed by atoms with Gasteiger partial charge in [0.1, 0.15) is 5.75 Å². The van der Waals surface area contributed by atoms with E-state index >= 15 is 0 Å². The van der Waals surface area contributed by atoms with Crippen molar-refractivity contribution < 1.29 is 9.47 Å². The number of benzene rings is 1. The van der Waals surface area contributed by atoms with Gasteiger partial charge in [-0.2, -0.15) is 9.97 Å². The molecule has 106 valence electrons. The summed E-state index contributed by atoms with van der Waals surface area (Å²) < 4.78 is 10.8.